The molecule has 0 amide bonds. The van der Waals surface area contributed by atoms with Crippen LogP contribution in [-0.4, -0.2) is 19.8 Å². The molecule has 2 rings (SSSR count). The second kappa shape index (κ2) is 5.38. The zero-order valence-electron chi connectivity index (χ0n) is 9.03. The van der Waals surface area contributed by atoms with Crippen molar-refractivity contribution in [1.29, 1.82) is 5.26 Å². The van der Waals surface area contributed by atoms with Gasteiger partial charge in [-0.05, 0) is 6.07 Å². The van der Waals surface area contributed by atoms with Crippen molar-refractivity contribution < 1.29 is 9.47 Å². The van der Waals surface area contributed by atoms with Crippen molar-refractivity contribution in [3.8, 4) is 17.6 Å². The van der Waals surface area contributed by atoms with Crippen LogP contribution in [0.1, 0.15) is 12.0 Å². The van der Waals surface area contributed by atoms with Crippen LogP contribution in [0.3, 0.4) is 0 Å². The molecule has 0 unspecified atom stereocenters. The van der Waals surface area contributed by atoms with E-state index < -0.39 is 0 Å². The summed E-state index contributed by atoms with van der Waals surface area (Å²) in [5.41, 5.74) is 1.08. The maximum atomic E-state index is 8.42. The van der Waals surface area contributed by atoms with Crippen LogP contribution in [0.4, 0.5) is 0 Å². The zero-order chi connectivity index (χ0) is 11.2. The van der Waals surface area contributed by atoms with Crippen molar-refractivity contribution in [3.63, 3.8) is 0 Å². The number of fused-ring (bicyclic) bond motifs is 1. The van der Waals surface area contributed by atoms with Gasteiger partial charge in [-0.1, -0.05) is 12.1 Å². The van der Waals surface area contributed by atoms with Crippen LogP contribution in [0.2, 0.25) is 0 Å². The van der Waals surface area contributed by atoms with Crippen molar-refractivity contribution in [1.82, 2.24) is 5.32 Å². The van der Waals surface area contributed by atoms with Crippen LogP contribution in [-0.2, 0) is 6.54 Å². The van der Waals surface area contributed by atoms with Gasteiger partial charge in [0.05, 0.1) is 6.07 Å². The maximum Gasteiger partial charge on any atom is 0.165 e. The van der Waals surface area contributed by atoms with E-state index in [4.69, 9.17) is 14.7 Å². The molecule has 16 heavy (non-hydrogen) atoms. The highest BCUT2D eigenvalue weighted by molar-refractivity contribution is 5.47. The van der Waals surface area contributed by atoms with Crippen LogP contribution < -0.4 is 14.8 Å². The standard InChI is InChI=1S/C12H14N2O2/c13-5-2-6-14-9-10-3-1-4-11-12(10)16-8-7-15-11/h1,3-4,14H,2,6-9H2. The van der Waals surface area contributed by atoms with Gasteiger partial charge in [0.15, 0.2) is 11.5 Å². The molecule has 0 radical (unpaired) electrons. The molecule has 1 aliphatic heterocycles. The summed E-state index contributed by atoms with van der Waals surface area (Å²) < 4.78 is 11.1. The van der Waals surface area contributed by atoms with Gasteiger partial charge in [-0.2, -0.15) is 5.26 Å². The van der Waals surface area contributed by atoms with Crippen molar-refractivity contribution in [2.75, 3.05) is 19.8 Å². The zero-order valence-corrected chi connectivity index (χ0v) is 9.03. The molecule has 1 aromatic rings. The molecule has 1 aromatic carbocycles. The smallest absolute Gasteiger partial charge is 0.165 e. The lowest BCUT2D eigenvalue weighted by Crippen LogP contribution is -2.19. The average Bonchev–Trinajstić information content (AvgIpc) is 2.35. The van der Waals surface area contributed by atoms with Gasteiger partial charge in [0, 0.05) is 25.1 Å². The van der Waals surface area contributed by atoms with Crippen LogP contribution in [0, 0.1) is 11.3 Å². The molecule has 1 aliphatic rings. The van der Waals surface area contributed by atoms with Gasteiger partial charge in [-0.3, -0.25) is 0 Å². The first-order chi connectivity index (χ1) is 7.92. The minimum atomic E-state index is 0.520. The predicted molar refractivity (Wildman–Crippen MR) is 59.4 cm³/mol. The fraction of sp³-hybridized carbons (Fsp3) is 0.417. The Morgan fingerprint density at radius 1 is 1.31 bits per heavy atom. The molecule has 4 heteroatoms. The first-order valence-electron chi connectivity index (χ1n) is 5.37. The number of nitrogens with one attached hydrogen (secondary N) is 1. The molecule has 0 bridgehead atoms. The Kier molecular flexibility index (Phi) is 3.62. The third-order valence-corrected chi connectivity index (χ3v) is 2.38. The summed E-state index contributed by atoms with van der Waals surface area (Å²) in [6.45, 7) is 2.61. The third kappa shape index (κ3) is 2.44. The Morgan fingerprint density at radius 3 is 3.06 bits per heavy atom. The normalized spacial score (nSPS) is 13.2. The largest absolute Gasteiger partial charge is 0.486 e. The number of benzene rings is 1. The number of rotatable bonds is 4. The van der Waals surface area contributed by atoms with Crippen LogP contribution in [0.25, 0.3) is 0 Å². The quantitative estimate of drug-likeness (QED) is 0.777. The number of hydrogen-bond donors (Lipinski definition) is 1. The second-order valence-corrected chi connectivity index (χ2v) is 3.53. The van der Waals surface area contributed by atoms with E-state index in [9.17, 15) is 0 Å². The van der Waals surface area contributed by atoms with Crippen molar-refractivity contribution in [3.05, 3.63) is 23.8 Å². The van der Waals surface area contributed by atoms with E-state index in [2.05, 4.69) is 11.4 Å². The first-order valence-corrected chi connectivity index (χ1v) is 5.37. The fourth-order valence-corrected chi connectivity index (χ4v) is 1.64. The number of nitrogens with zero attached hydrogens (tertiary/aromatic N) is 1. The van der Waals surface area contributed by atoms with E-state index >= 15 is 0 Å². The summed E-state index contributed by atoms with van der Waals surface area (Å²) in [5.74, 6) is 1.64. The third-order valence-electron chi connectivity index (χ3n) is 2.38. The lowest BCUT2D eigenvalue weighted by Gasteiger charge is -2.21. The Labute approximate surface area is 94.8 Å². The number of ether oxygens (including phenoxy) is 2. The number of nitriles is 1. The van der Waals surface area contributed by atoms with Gasteiger partial charge in [-0.25, -0.2) is 0 Å². The van der Waals surface area contributed by atoms with E-state index in [1.54, 1.807) is 0 Å². The van der Waals surface area contributed by atoms with Crippen molar-refractivity contribution >= 4 is 0 Å². The van der Waals surface area contributed by atoms with Crippen molar-refractivity contribution in [2.45, 2.75) is 13.0 Å². The summed E-state index contributed by atoms with van der Waals surface area (Å²) in [6, 6.07) is 7.97. The Bertz CT molecular complexity index is 398. The van der Waals surface area contributed by atoms with E-state index in [0.29, 0.717) is 32.7 Å². The van der Waals surface area contributed by atoms with Gasteiger partial charge >= 0.3 is 0 Å². The molecule has 0 aromatic heterocycles. The maximum absolute atomic E-state index is 8.42. The van der Waals surface area contributed by atoms with Crippen LogP contribution in [0.5, 0.6) is 11.5 Å². The summed E-state index contributed by atoms with van der Waals surface area (Å²) >= 11 is 0. The van der Waals surface area contributed by atoms with E-state index in [1.807, 2.05) is 18.2 Å². The molecule has 84 valence electrons. The van der Waals surface area contributed by atoms with Gasteiger partial charge in [0.25, 0.3) is 0 Å². The minimum Gasteiger partial charge on any atom is -0.486 e. The number of hydrogen-bond acceptors (Lipinski definition) is 4. The molecule has 4 nitrogen and oxygen atoms in total. The molecule has 0 spiro atoms. The molecular formula is C12H14N2O2. The molecular weight excluding hydrogens is 204 g/mol. The Balaban J connectivity index is 2.01. The number of para-hydroxylation sites is 1. The molecule has 0 saturated heterocycles. The summed E-state index contributed by atoms with van der Waals surface area (Å²) in [5, 5.41) is 11.6. The van der Waals surface area contributed by atoms with Crippen LogP contribution >= 0.6 is 0 Å². The SMILES string of the molecule is N#CCCNCc1cccc2c1OCCO2. The van der Waals surface area contributed by atoms with E-state index in [0.717, 1.165) is 17.1 Å². The Morgan fingerprint density at radius 2 is 2.19 bits per heavy atom. The average molecular weight is 218 g/mol. The topological polar surface area (TPSA) is 54.3 Å². The van der Waals surface area contributed by atoms with Gasteiger partial charge < -0.3 is 14.8 Å². The van der Waals surface area contributed by atoms with Gasteiger partial charge in [-0.15, -0.1) is 0 Å². The highest BCUT2D eigenvalue weighted by atomic mass is 16.6. The highest BCUT2D eigenvalue weighted by Crippen LogP contribution is 2.33. The lowest BCUT2D eigenvalue weighted by atomic mass is 10.1. The molecule has 1 N–H and O–H groups in total. The fourth-order valence-electron chi connectivity index (χ4n) is 1.64. The Hall–Kier alpha value is -1.73. The molecule has 0 fully saturated rings. The van der Waals surface area contributed by atoms with E-state index in [1.165, 1.54) is 0 Å². The summed E-state index contributed by atoms with van der Waals surface area (Å²) in [6.07, 6.45) is 0.520. The molecule has 1 heterocycles. The van der Waals surface area contributed by atoms with E-state index in [-0.39, 0.29) is 0 Å². The van der Waals surface area contributed by atoms with Gasteiger partial charge in [0.2, 0.25) is 0 Å². The van der Waals surface area contributed by atoms with Crippen LogP contribution in [0.15, 0.2) is 18.2 Å². The molecule has 0 saturated carbocycles. The molecule has 0 atom stereocenters. The highest BCUT2D eigenvalue weighted by Gasteiger charge is 2.14. The lowest BCUT2D eigenvalue weighted by molar-refractivity contribution is 0.169. The summed E-state index contributed by atoms with van der Waals surface area (Å²) in [4.78, 5) is 0. The predicted octanol–water partition coefficient (Wildman–Crippen LogP) is 1.46. The van der Waals surface area contributed by atoms with Gasteiger partial charge in [0.1, 0.15) is 13.2 Å². The van der Waals surface area contributed by atoms with Crippen molar-refractivity contribution in [2.24, 2.45) is 0 Å². The summed E-state index contributed by atoms with van der Waals surface area (Å²) in [7, 11) is 0. The molecule has 0 aliphatic carbocycles. The minimum absolute atomic E-state index is 0.520. The first kappa shape index (κ1) is 10.8. The monoisotopic (exact) mass is 218 g/mol. The second-order valence-electron chi connectivity index (χ2n) is 3.53.